The van der Waals surface area contributed by atoms with E-state index in [4.69, 9.17) is 9.47 Å². The highest BCUT2D eigenvalue weighted by molar-refractivity contribution is 5.91. The smallest absolute Gasteiger partial charge is 0.343 e. The number of esters is 1. The van der Waals surface area contributed by atoms with Crippen LogP contribution in [0, 0.1) is 0 Å². The van der Waals surface area contributed by atoms with Crippen molar-refractivity contribution in [3.05, 3.63) is 59.7 Å². The Morgan fingerprint density at radius 3 is 2.38 bits per heavy atom. The van der Waals surface area contributed by atoms with Crippen LogP contribution in [0.4, 0.5) is 0 Å². The number of hydrogen-bond donors (Lipinski definition) is 0. The summed E-state index contributed by atoms with van der Waals surface area (Å²) in [6, 6.07) is 14.8. The third kappa shape index (κ3) is 5.12. The van der Waals surface area contributed by atoms with Gasteiger partial charge < -0.3 is 9.47 Å². The molecule has 0 fully saturated rings. The van der Waals surface area contributed by atoms with E-state index in [1.54, 1.807) is 12.1 Å². The monoisotopic (exact) mass is 326 g/mol. The number of carbonyl (C=O) groups excluding carboxylic acids is 1. The van der Waals surface area contributed by atoms with Gasteiger partial charge in [-0.2, -0.15) is 0 Å². The van der Waals surface area contributed by atoms with Crippen molar-refractivity contribution in [3.63, 3.8) is 0 Å². The molecular weight excluding hydrogens is 300 g/mol. The van der Waals surface area contributed by atoms with Gasteiger partial charge in [0.2, 0.25) is 0 Å². The molecule has 0 aliphatic rings. The molecule has 0 atom stereocenters. The quantitative estimate of drug-likeness (QED) is 0.360. The largest absolute Gasteiger partial charge is 0.494 e. The molecule has 0 aliphatic carbocycles. The van der Waals surface area contributed by atoms with Crippen LogP contribution in [0.3, 0.4) is 0 Å². The minimum Gasteiger partial charge on any atom is -0.494 e. The van der Waals surface area contributed by atoms with Crippen LogP contribution in [0.15, 0.2) is 48.5 Å². The van der Waals surface area contributed by atoms with Crippen molar-refractivity contribution in [1.82, 2.24) is 0 Å². The maximum atomic E-state index is 12.3. The molecule has 0 bridgehead atoms. The van der Waals surface area contributed by atoms with Crippen molar-refractivity contribution in [1.29, 1.82) is 0 Å². The van der Waals surface area contributed by atoms with Gasteiger partial charge in [0, 0.05) is 0 Å². The summed E-state index contributed by atoms with van der Waals surface area (Å²) in [5.74, 6) is 1.36. The van der Waals surface area contributed by atoms with Crippen molar-refractivity contribution in [2.75, 3.05) is 6.61 Å². The number of ether oxygens (including phenoxy) is 2. The molecule has 0 amide bonds. The molecule has 2 rings (SSSR count). The van der Waals surface area contributed by atoms with Gasteiger partial charge >= 0.3 is 5.97 Å². The Balaban J connectivity index is 1.98. The zero-order valence-electron chi connectivity index (χ0n) is 14.7. The molecule has 2 aromatic rings. The van der Waals surface area contributed by atoms with Gasteiger partial charge in [0.25, 0.3) is 0 Å². The van der Waals surface area contributed by atoms with Crippen LogP contribution >= 0.6 is 0 Å². The minimum absolute atomic E-state index is 0.299. The molecule has 0 N–H and O–H groups in total. The van der Waals surface area contributed by atoms with Crippen molar-refractivity contribution in [2.45, 2.75) is 46.0 Å². The number of carbonyl (C=O) groups is 1. The first kappa shape index (κ1) is 18.1. The van der Waals surface area contributed by atoms with Crippen molar-refractivity contribution >= 4 is 5.97 Å². The standard InChI is InChI=1S/C21H26O3/c1-4-5-8-15-23-18-13-11-17(12-14-18)21(22)24-20-10-7-6-9-19(20)16(2)3/h6-7,9-14,16H,4-5,8,15H2,1-3H3. The summed E-state index contributed by atoms with van der Waals surface area (Å²) in [4.78, 5) is 12.3. The Kier molecular flexibility index (Phi) is 6.86. The van der Waals surface area contributed by atoms with Crippen molar-refractivity contribution < 1.29 is 14.3 Å². The summed E-state index contributed by atoms with van der Waals surface area (Å²) >= 11 is 0. The summed E-state index contributed by atoms with van der Waals surface area (Å²) < 4.78 is 11.2. The molecule has 2 aromatic carbocycles. The van der Waals surface area contributed by atoms with E-state index in [0.29, 0.717) is 23.8 Å². The second-order valence-electron chi connectivity index (χ2n) is 6.16. The predicted molar refractivity (Wildman–Crippen MR) is 97.0 cm³/mol. The average Bonchev–Trinajstić information content (AvgIpc) is 2.59. The molecular formula is C21H26O3. The second kappa shape index (κ2) is 9.11. The lowest BCUT2D eigenvalue weighted by atomic mass is 10.0. The van der Waals surface area contributed by atoms with Gasteiger partial charge in [0.05, 0.1) is 12.2 Å². The van der Waals surface area contributed by atoms with Crippen LogP contribution < -0.4 is 9.47 Å². The lowest BCUT2D eigenvalue weighted by molar-refractivity contribution is 0.0733. The molecule has 0 spiro atoms. The molecule has 0 saturated carbocycles. The van der Waals surface area contributed by atoms with Gasteiger partial charge in [-0.05, 0) is 48.2 Å². The van der Waals surface area contributed by atoms with Crippen molar-refractivity contribution in [3.8, 4) is 11.5 Å². The Morgan fingerprint density at radius 1 is 1.00 bits per heavy atom. The fourth-order valence-electron chi connectivity index (χ4n) is 2.44. The molecule has 128 valence electrons. The number of rotatable bonds is 8. The van der Waals surface area contributed by atoms with Crippen molar-refractivity contribution in [2.24, 2.45) is 0 Å². The Morgan fingerprint density at radius 2 is 1.71 bits per heavy atom. The van der Waals surface area contributed by atoms with Gasteiger partial charge in [0.15, 0.2) is 0 Å². The molecule has 0 unspecified atom stereocenters. The molecule has 0 aromatic heterocycles. The molecule has 0 saturated heterocycles. The Hall–Kier alpha value is -2.29. The fraction of sp³-hybridized carbons (Fsp3) is 0.381. The lowest BCUT2D eigenvalue weighted by Crippen LogP contribution is -2.10. The van der Waals surface area contributed by atoms with Gasteiger partial charge in [-0.3, -0.25) is 0 Å². The Bertz CT molecular complexity index is 644. The topological polar surface area (TPSA) is 35.5 Å². The molecule has 3 nitrogen and oxygen atoms in total. The first-order chi connectivity index (χ1) is 11.6. The third-order valence-corrected chi connectivity index (χ3v) is 3.85. The first-order valence-electron chi connectivity index (χ1n) is 8.65. The van der Waals surface area contributed by atoms with Gasteiger partial charge in [0.1, 0.15) is 11.5 Å². The summed E-state index contributed by atoms with van der Waals surface area (Å²) in [5.41, 5.74) is 1.55. The summed E-state index contributed by atoms with van der Waals surface area (Å²) in [6.07, 6.45) is 3.39. The van der Waals surface area contributed by atoms with E-state index in [1.807, 2.05) is 36.4 Å². The van der Waals surface area contributed by atoms with Crippen LogP contribution in [0.5, 0.6) is 11.5 Å². The summed E-state index contributed by atoms with van der Waals surface area (Å²) in [6.45, 7) is 7.03. The highest BCUT2D eigenvalue weighted by Crippen LogP contribution is 2.26. The molecule has 24 heavy (non-hydrogen) atoms. The highest BCUT2D eigenvalue weighted by Gasteiger charge is 2.13. The zero-order valence-corrected chi connectivity index (χ0v) is 14.7. The summed E-state index contributed by atoms with van der Waals surface area (Å²) in [7, 11) is 0. The number of benzene rings is 2. The van der Waals surface area contributed by atoms with Gasteiger partial charge in [-0.15, -0.1) is 0 Å². The van der Waals surface area contributed by atoms with Crippen LogP contribution in [0.2, 0.25) is 0 Å². The predicted octanol–water partition coefficient (Wildman–Crippen LogP) is 5.60. The normalized spacial score (nSPS) is 10.7. The second-order valence-corrected chi connectivity index (χ2v) is 6.16. The van der Waals surface area contributed by atoms with E-state index in [2.05, 4.69) is 20.8 Å². The zero-order chi connectivity index (χ0) is 17.4. The van der Waals surface area contributed by atoms with E-state index < -0.39 is 0 Å². The van der Waals surface area contributed by atoms with Gasteiger partial charge in [-0.25, -0.2) is 4.79 Å². The SMILES string of the molecule is CCCCCOc1ccc(C(=O)Oc2ccccc2C(C)C)cc1. The Labute approximate surface area is 144 Å². The van der Waals surface area contributed by atoms with E-state index in [9.17, 15) is 4.79 Å². The summed E-state index contributed by atoms with van der Waals surface area (Å²) in [5, 5.41) is 0. The molecule has 0 radical (unpaired) electrons. The minimum atomic E-state index is -0.347. The third-order valence-electron chi connectivity index (χ3n) is 3.85. The molecule has 3 heteroatoms. The fourth-order valence-corrected chi connectivity index (χ4v) is 2.44. The van der Waals surface area contributed by atoms with E-state index in [1.165, 1.54) is 12.8 Å². The average molecular weight is 326 g/mol. The van der Waals surface area contributed by atoms with E-state index in [0.717, 1.165) is 17.7 Å². The molecule has 0 aliphatic heterocycles. The van der Waals surface area contributed by atoms with Crippen LogP contribution in [0.1, 0.15) is 61.9 Å². The lowest BCUT2D eigenvalue weighted by Gasteiger charge is -2.12. The number of para-hydroxylation sites is 1. The van der Waals surface area contributed by atoms with Gasteiger partial charge in [-0.1, -0.05) is 51.8 Å². The van der Waals surface area contributed by atoms with Crippen LogP contribution in [-0.4, -0.2) is 12.6 Å². The van der Waals surface area contributed by atoms with E-state index in [-0.39, 0.29) is 5.97 Å². The van der Waals surface area contributed by atoms with Crippen LogP contribution in [-0.2, 0) is 0 Å². The maximum Gasteiger partial charge on any atom is 0.343 e. The number of unbranched alkanes of at least 4 members (excludes halogenated alkanes) is 2. The van der Waals surface area contributed by atoms with Crippen LogP contribution in [0.25, 0.3) is 0 Å². The highest BCUT2D eigenvalue weighted by atomic mass is 16.5. The maximum absolute atomic E-state index is 12.3. The first-order valence-corrected chi connectivity index (χ1v) is 8.65. The number of hydrogen-bond acceptors (Lipinski definition) is 3. The van der Waals surface area contributed by atoms with E-state index >= 15 is 0 Å². The molecule has 0 heterocycles.